The lowest BCUT2D eigenvalue weighted by molar-refractivity contribution is 0.0683. The molecule has 1 aliphatic rings. The number of hydrogen-bond donors (Lipinski definition) is 1. The zero-order chi connectivity index (χ0) is 15.6. The zero-order valence-corrected chi connectivity index (χ0v) is 14.5. The maximum atomic E-state index is 11.8. The second-order valence-electron chi connectivity index (χ2n) is 6.61. The SMILES string of the molecule is CCC(CC)(C(N)C1CCCC(S(C)(=O)=O)C1)N(C)C. The summed E-state index contributed by atoms with van der Waals surface area (Å²) in [6, 6.07) is 0.0389. The summed E-state index contributed by atoms with van der Waals surface area (Å²) in [5.74, 6) is 0.311. The van der Waals surface area contributed by atoms with Crippen molar-refractivity contribution in [2.45, 2.75) is 69.2 Å². The smallest absolute Gasteiger partial charge is 0.150 e. The lowest BCUT2D eigenvalue weighted by atomic mass is 9.72. The molecule has 0 saturated heterocycles. The van der Waals surface area contributed by atoms with Gasteiger partial charge in [-0.1, -0.05) is 20.3 Å². The Morgan fingerprint density at radius 3 is 2.20 bits per heavy atom. The molecule has 0 aromatic rings. The molecule has 20 heavy (non-hydrogen) atoms. The average molecular weight is 305 g/mol. The molecule has 0 heterocycles. The number of likely N-dealkylation sites (N-methyl/N-ethyl adjacent to an activating group) is 1. The van der Waals surface area contributed by atoms with Crippen molar-refractivity contribution in [2.24, 2.45) is 11.7 Å². The molecule has 0 radical (unpaired) electrons. The number of rotatable bonds is 6. The number of sulfone groups is 1. The topological polar surface area (TPSA) is 63.4 Å². The van der Waals surface area contributed by atoms with Crippen LogP contribution < -0.4 is 5.73 Å². The molecule has 1 fully saturated rings. The highest BCUT2D eigenvalue weighted by atomic mass is 32.2. The minimum absolute atomic E-state index is 0.0237. The predicted octanol–water partition coefficient (Wildman–Crippen LogP) is 2.04. The molecule has 1 rings (SSSR count). The maximum Gasteiger partial charge on any atom is 0.150 e. The minimum Gasteiger partial charge on any atom is -0.326 e. The van der Waals surface area contributed by atoms with Crippen LogP contribution in [0.2, 0.25) is 0 Å². The Hall–Kier alpha value is -0.130. The summed E-state index contributed by atoms with van der Waals surface area (Å²) in [5, 5.41) is -0.194. The van der Waals surface area contributed by atoms with Gasteiger partial charge in [0.1, 0.15) is 9.84 Å². The molecule has 0 spiro atoms. The summed E-state index contributed by atoms with van der Waals surface area (Å²) < 4.78 is 23.7. The van der Waals surface area contributed by atoms with Crippen LogP contribution in [0.25, 0.3) is 0 Å². The van der Waals surface area contributed by atoms with Crippen LogP contribution in [0.1, 0.15) is 52.4 Å². The van der Waals surface area contributed by atoms with E-state index >= 15 is 0 Å². The van der Waals surface area contributed by atoms with Gasteiger partial charge in [0, 0.05) is 17.8 Å². The molecular formula is C15H32N2O2S. The van der Waals surface area contributed by atoms with Crippen molar-refractivity contribution < 1.29 is 8.42 Å². The molecule has 0 aromatic carbocycles. The van der Waals surface area contributed by atoms with E-state index in [2.05, 4.69) is 32.8 Å². The van der Waals surface area contributed by atoms with Crippen molar-refractivity contribution >= 4 is 9.84 Å². The molecular weight excluding hydrogens is 272 g/mol. The van der Waals surface area contributed by atoms with E-state index in [0.717, 1.165) is 38.5 Å². The quantitative estimate of drug-likeness (QED) is 0.815. The fourth-order valence-electron chi connectivity index (χ4n) is 3.99. The van der Waals surface area contributed by atoms with Gasteiger partial charge in [0.25, 0.3) is 0 Å². The van der Waals surface area contributed by atoms with Crippen LogP contribution in [0.3, 0.4) is 0 Å². The third-order valence-electron chi connectivity index (χ3n) is 5.52. The summed E-state index contributed by atoms with van der Waals surface area (Å²) in [6.07, 6.45) is 6.93. The van der Waals surface area contributed by atoms with E-state index in [-0.39, 0.29) is 16.8 Å². The maximum absolute atomic E-state index is 11.8. The molecule has 3 unspecified atom stereocenters. The molecule has 0 aromatic heterocycles. The van der Waals surface area contributed by atoms with E-state index in [1.165, 1.54) is 6.26 Å². The van der Waals surface area contributed by atoms with Crippen molar-refractivity contribution in [3.05, 3.63) is 0 Å². The fourth-order valence-corrected chi connectivity index (χ4v) is 5.18. The first-order valence-corrected chi connectivity index (χ1v) is 9.76. The van der Waals surface area contributed by atoms with Gasteiger partial charge in [-0.25, -0.2) is 8.42 Å². The second-order valence-corrected chi connectivity index (χ2v) is 8.93. The van der Waals surface area contributed by atoms with Gasteiger partial charge >= 0.3 is 0 Å². The lowest BCUT2D eigenvalue weighted by Gasteiger charge is -2.48. The Bertz CT molecular complexity index is 402. The third kappa shape index (κ3) is 3.55. The molecule has 0 aliphatic heterocycles. The monoisotopic (exact) mass is 304 g/mol. The van der Waals surface area contributed by atoms with Crippen molar-refractivity contribution in [1.29, 1.82) is 0 Å². The second kappa shape index (κ2) is 6.75. The van der Waals surface area contributed by atoms with E-state index in [1.807, 2.05) is 0 Å². The van der Waals surface area contributed by atoms with E-state index in [9.17, 15) is 8.42 Å². The molecule has 1 saturated carbocycles. The van der Waals surface area contributed by atoms with Gasteiger partial charge in [0.05, 0.1) is 5.25 Å². The molecule has 2 N–H and O–H groups in total. The fraction of sp³-hybridized carbons (Fsp3) is 1.00. The molecule has 1 aliphatic carbocycles. The van der Waals surface area contributed by atoms with E-state index < -0.39 is 9.84 Å². The minimum atomic E-state index is -2.94. The van der Waals surface area contributed by atoms with Crippen molar-refractivity contribution in [3.8, 4) is 0 Å². The first-order valence-electron chi connectivity index (χ1n) is 7.80. The van der Waals surface area contributed by atoms with E-state index in [1.54, 1.807) is 0 Å². The zero-order valence-electron chi connectivity index (χ0n) is 13.7. The summed E-state index contributed by atoms with van der Waals surface area (Å²) in [5.41, 5.74) is 6.59. The molecule has 4 nitrogen and oxygen atoms in total. The van der Waals surface area contributed by atoms with E-state index in [4.69, 9.17) is 5.73 Å². The first-order chi connectivity index (χ1) is 9.19. The Morgan fingerprint density at radius 2 is 1.80 bits per heavy atom. The molecule has 120 valence electrons. The van der Waals surface area contributed by atoms with Crippen molar-refractivity contribution in [1.82, 2.24) is 4.90 Å². The Balaban J connectivity index is 2.92. The van der Waals surface area contributed by atoms with Crippen LogP contribution in [0.5, 0.6) is 0 Å². The highest BCUT2D eigenvalue weighted by Crippen LogP contribution is 2.37. The summed E-state index contributed by atoms with van der Waals surface area (Å²) >= 11 is 0. The van der Waals surface area contributed by atoms with Crippen LogP contribution in [-0.4, -0.2) is 50.5 Å². The molecule has 3 atom stereocenters. The van der Waals surface area contributed by atoms with Gasteiger partial charge in [0.15, 0.2) is 0 Å². The Kier molecular flexibility index (Phi) is 6.05. The normalized spacial score (nSPS) is 26.8. The van der Waals surface area contributed by atoms with Crippen LogP contribution >= 0.6 is 0 Å². The van der Waals surface area contributed by atoms with Crippen LogP contribution in [-0.2, 0) is 9.84 Å². The Morgan fingerprint density at radius 1 is 1.25 bits per heavy atom. The number of nitrogens with two attached hydrogens (primary N) is 1. The third-order valence-corrected chi connectivity index (χ3v) is 7.15. The van der Waals surface area contributed by atoms with Gasteiger partial charge in [-0.2, -0.15) is 0 Å². The largest absolute Gasteiger partial charge is 0.326 e. The standard InChI is InChI=1S/C15H32N2O2S/c1-6-15(7-2,17(3)4)14(16)12-9-8-10-13(11-12)20(5,18)19/h12-14H,6-11,16H2,1-5H3. The summed E-state index contributed by atoms with van der Waals surface area (Å²) in [4.78, 5) is 2.24. The first kappa shape index (κ1) is 17.9. The van der Waals surface area contributed by atoms with Gasteiger partial charge < -0.3 is 10.6 Å². The summed E-state index contributed by atoms with van der Waals surface area (Å²) in [7, 11) is 1.23. The van der Waals surface area contributed by atoms with Gasteiger partial charge in [-0.3, -0.25) is 0 Å². The number of hydrogen-bond acceptors (Lipinski definition) is 4. The number of nitrogens with zero attached hydrogens (tertiary/aromatic N) is 1. The van der Waals surface area contributed by atoms with Crippen molar-refractivity contribution in [2.75, 3.05) is 20.4 Å². The average Bonchev–Trinajstić information content (AvgIpc) is 2.39. The summed E-state index contributed by atoms with van der Waals surface area (Å²) in [6.45, 7) is 4.36. The molecule has 0 bridgehead atoms. The molecule has 0 amide bonds. The van der Waals surface area contributed by atoms with Crippen LogP contribution in [0.4, 0.5) is 0 Å². The predicted molar refractivity (Wildman–Crippen MR) is 85.6 cm³/mol. The van der Waals surface area contributed by atoms with Gasteiger partial charge in [0.2, 0.25) is 0 Å². The lowest BCUT2D eigenvalue weighted by Crippen LogP contribution is -2.60. The van der Waals surface area contributed by atoms with E-state index in [0.29, 0.717) is 5.92 Å². The molecule has 5 heteroatoms. The van der Waals surface area contributed by atoms with Crippen LogP contribution in [0.15, 0.2) is 0 Å². The highest BCUT2D eigenvalue weighted by molar-refractivity contribution is 7.91. The van der Waals surface area contributed by atoms with Gasteiger partial charge in [-0.15, -0.1) is 0 Å². The van der Waals surface area contributed by atoms with Gasteiger partial charge in [-0.05, 0) is 52.1 Å². The van der Waals surface area contributed by atoms with Crippen molar-refractivity contribution in [3.63, 3.8) is 0 Å². The van der Waals surface area contributed by atoms with Crippen LogP contribution in [0, 0.1) is 5.92 Å². The Labute approximate surface area is 125 Å². The highest BCUT2D eigenvalue weighted by Gasteiger charge is 2.42.